The molecule has 2 fully saturated rings. The lowest BCUT2D eigenvalue weighted by atomic mass is 9.95. The summed E-state index contributed by atoms with van der Waals surface area (Å²) in [4.78, 5) is 14.4. The van der Waals surface area contributed by atoms with Gasteiger partial charge in [-0.05, 0) is 26.8 Å². The van der Waals surface area contributed by atoms with Gasteiger partial charge in [0.1, 0.15) is 17.5 Å². The van der Waals surface area contributed by atoms with Gasteiger partial charge >= 0.3 is 0 Å². The highest BCUT2D eigenvalue weighted by Crippen LogP contribution is 2.56. The molecule has 2 N–H and O–H groups in total. The summed E-state index contributed by atoms with van der Waals surface area (Å²) in [7, 11) is 0. The number of carbonyl (C=O) groups excluding carboxylic acids is 1. The Bertz CT molecular complexity index is 505. The molecule has 7 nitrogen and oxygen atoms in total. The van der Waals surface area contributed by atoms with E-state index in [1.54, 1.807) is 0 Å². The molecule has 1 amide bonds. The highest BCUT2D eigenvalue weighted by atomic mass is 32.2. The van der Waals surface area contributed by atoms with E-state index in [1.165, 1.54) is 12.8 Å². The molecule has 3 atom stereocenters. The van der Waals surface area contributed by atoms with E-state index in [-0.39, 0.29) is 28.1 Å². The van der Waals surface area contributed by atoms with Crippen LogP contribution in [0.1, 0.15) is 51.9 Å². The number of nitrogens with one attached hydrogen (secondary N) is 2. The van der Waals surface area contributed by atoms with Gasteiger partial charge in [0.25, 0.3) is 0 Å². The third-order valence-corrected chi connectivity index (χ3v) is 5.76. The van der Waals surface area contributed by atoms with E-state index in [1.807, 2.05) is 16.7 Å². The zero-order valence-corrected chi connectivity index (χ0v) is 13.5. The molecule has 116 valence electrons. The number of hydrogen-bond acceptors (Lipinski definition) is 6. The van der Waals surface area contributed by atoms with E-state index in [9.17, 15) is 4.79 Å². The van der Waals surface area contributed by atoms with Gasteiger partial charge in [0.05, 0.1) is 0 Å². The van der Waals surface area contributed by atoms with Gasteiger partial charge in [-0.3, -0.25) is 4.79 Å². The first-order valence-corrected chi connectivity index (χ1v) is 8.41. The fraction of sp³-hybridized carbons (Fsp3) is 0.846. The molecule has 8 heteroatoms. The number of fused-ring (bicyclic) bond motifs is 1. The van der Waals surface area contributed by atoms with Crippen molar-refractivity contribution in [3.05, 3.63) is 5.82 Å². The zero-order chi connectivity index (χ0) is 15.0. The Morgan fingerprint density at radius 2 is 2.24 bits per heavy atom. The van der Waals surface area contributed by atoms with Crippen molar-refractivity contribution in [2.24, 2.45) is 0 Å². The predicted molar refractivity (Wildman–Crippen MR) is 80.5 cm³/mol. The second kappa shape index (κ2) is 5.57. The summed E-state index contributed by atoms with van der Waals surface area (Å²) >= 11 is 1.82. The molecule has 0 bridgehead atoms. The highest BCUT2D eigenvalue weighted by Gasteiger charge is 2.62. The maximum atomic E-state index is 12.5. The number of β-lactam (4-membered cyclic amide) rings is 1. The van der Waals surface area contributed by atoms with Gasteiger partial charge in [0.2, 0.25) is 5.91 Å². The average Bonchev–Trinajstić information content (AvgIpc) is 3.03. The van der Waals surface area contributed by atoms with Crippen molar-refractivity contribution in [3.8, 4) is 0 Å². The molecule has 2 saturated heterocycles. The number of H-pyrrole nitrogens is 1. The third kappa shape index (κ3) is 2.44. The number of unbranched alkanes of at least 4 members (excludes halogenated alkanes) is 2. The number of aromatic amines is 1. The molecule has 3 heterocycles. The monoisotopic (exact) mass is 310 g/mol. The van der Waals surface area contributed by atoms with Crippen molar-refractivity contribution in [1.29, 1.82) is 0 Å². The van der Waals surface area contributed by atoms with Gasteiger partial charge in [-0.2, -0.15) is 5.21 Å². The van der Waals surface area contributed by atoms with Gasteiger partial charge in [-0.25, -0.2) is 0 Å². The number of hydrogen-bond donors (Lipinski definition) is 2. The van der Waals surface area contributed by atoms with Crippen molar-refractivity contribution < 1.29 is 4.79 Å². The molecule has 3 rings (SSSR count). The van der Waals surface area contributed by atoms with Crippen LogP contribution in [-0.4, -0.2) is 54.1 Å². The summed E-state index contributed by atoms with van der Waals surface area (Å²) in [5, 5.41) is 17.9. The summed E-state index contributed by atoms with van der Waals surface area (Å²) in [5.74, 6) is 0.761. The number of amides is 1. The second-order valence-electron chi connectivity index (χ2n) is 6.17. The Morgan fingerprint density at radius 1 is 1.43 bits per heavy atom. The number of thioether (sulfide) groups is 1. The van der Waals surface area contributed by atoms with E-state index >= 15 is 0 Å². The molecule has 0 spiro atoms. The van der Waals surface area contributed by atoms with E-state index in [4.69, 9.17) is 0 Å². The molecule has 0 aliphatic carbocycles. The summed E-state index contributed by atoms with van der Waals surface area (Å²) in [6.07, 6.45) is 3.51. The van der Waals surface area contributed by atoms with Crippen LogP contribution in [0.3, 0.4) is 0 Å². The Hall–Kier alpha value is -1.15. The SMILES string of the molecule is CCCCCNC1C(=O)N2C1SC(C)(C)C2c1nn[nH]n1. The topological polar surface area (TPSA) is 86.8 Å². The van der Waals surface area contributed by atoms with Crippen molar-refractivity contribution in [3.63, 3.8) is 0 Å². The van der Waals surface area contributed by atoms with Gasteiger partial charge in [0.15, 0.2) is 5.82 Å². The smallest absolute Gasteiger partial charge is 0.244 e. The van der Waals surface area contributed by atoms with Crippen LogP contribution in [0.4, 0.5) is 0 Å². The standard InChI is InChI=1S/C13H22N6OS/c1-4-5-6-7-14-8-11(20)19-9(10-15-17-18-16-10)13(2,3)21-12(8)19/h8-9,12,14H,4-7H2,1-3H3,(H,15,16,17,18). The Balaban J connectivity index is 1.68. The van der Waals surface area contributed by atoms with Crippen LogP contribution in [-0.2, 0) is 4.79 Å². The Labute approximate surface area is 128 Å². The fourth-order valence-electron chi connectivity index (χ4n) is 3.14. The van der Waals surface area contributed by atoms with Crippen LogP contribution in [0.15, 0.2) is 0 Å². The minimum absolute atomic E-state index is 0.0666. The lowest BCUT2D eigenvalue weighted by Gasteiger charge is -2.44. The second-order valence-corrected chi connectivity index (χ2v) is 7.94. The van der Waals surface area contributed by atoms with Crippen LogP contribution in [0.25, 0.3) is 0 Å². The largest absolute Gasteiger partial charge is 0.315 e. The summed E-state index contributed by atoms with van der Waals surface area (Å²) in [6, 6.07) is -0.171. The summed E-state index contributed by atoms with van der Waals surface area (Å²) < 4.78 is -0.107. The average molecular weight is 310 g/mol. The molecule has 2 aliphatic heterocycles. The van der Waals surface area contributed by atoms with E-state index < -0.39 is 0 Å². The van der Waals surface area contributed by atoms with Crippen molar-refractivity contribution in [2.75, 3.05) is 6.54 Å². The lowest BCUT2D eigenvalue weighted by Crippen LogP contribution is -2.67. The molecular weight excluding hydrogens is 288 g/mol. The number of aromatic nitrogens is 4. The minimum Gasteiger partial charge on any atom is -0.315 e. The van der Waals surface area contributed by atoms with Gasteiger partial charge in [-0.15, -0.1) is 22.0 Å². The quantitative estimate of drug-likeness (QED) is 0.604. The van der Waals surface area contributed by atoms with Crippen LogP contribution in [0.2, 0.25) is 0 Å². The van der Waals surface area contributed by atoms with E-state index in [2.05, 4.69) is 46.7 Å². The maximum absolute atomic E-state index is 12.5. The maximum Gasteiger partial charge on any atom is 0.244 e. The molecule has 0 radical (unpaired) electrons. The van der Waals surface area contributed by atoms with Crippen LogP contribution in [0.5, 0.6) is 0 Å². The molecule has 1 aromatic rings. The molecule has 3 unspecified atom stereocenters. The van der Waals surface area contributed by atoms with Crippen molar-refractivity contribution in [1.82, 2.24) is 30.8 Å². The fourth-order valence-corrected chi connectivity index (χ4v) is 4.80. The first kappa shape index (κ1) is 14.8. The third-order valence-electron chi connectivity index (χ3n) is 4.19. The van der Waals surface area contributed by atoms with Gasteiger partial charge < -0.3 is 10.2 Å². The van der Waals surface area contributed by atoms with Crippen LogP contribution >= 0.6 is 11.8 Å². The lowest BCUT2D eigenvalue weighted by molar-refractivity contribution is -0.149. The summed E-state index contributed by atoms with van der Waals surface area (Å²) in [6.45, 7) is 7.36. The highest BCUT2D eigenvalue weighted by molar-refractivity contribution is 8.01. The Morgan fingerprint density at radius 3 is 2.90 bits per heavy atom. The molecule has 0 aromatic carbocycles. The van der Waals surface area contributed by atoms with E-state index in [0.717, 1.165) is 13.0 Å². The van der Waals surface area contributed by atoms with Gasteiger partial charge in [0, 0.05) is 4.75 Å². The summed E-state index contributed by atoms with van der Waals surface area (Å²) in [5.41, 5.74) is 0. The molecular formula is C13H22N6OS. The first-order valence-electron chi connectivity index (χ1n) is 7.53. The predicted octanol–water partition coefficient (Wildman–Crippen LogP) is 1.08. The van der Waals surface area contributed by atoms with Gasteiger partial charge in [-0.1, -0.05) is 25.0 Å². The van der Waals surface area contributed by atoms with Crippen LogP contribution in [0, 0.1) is 0 Å². The minimum atomic E-state index is -0.107. The van der Waals surface area contributed by atoms with E-state index in [0.29, 0.717) is 5.82 Å². The number of rotatable bonds is 6. The number of nitrogens with zero attached hydrogens (tertiary/aromatic N) is 4. The molecule has 0 saturated carbocycles. The molecule has 21 heavy (non-hydrogen) atoms. The number of tetrazole rings is 1. The van der Waals surface area contributed by atoms with Crippen molar-refractivity contribution >= 4 is 17.7 Å². The Kier molecular flexibility index (Phi) is 3.92. The first-order chi connectivity index (χ1) is 10.1. The molecule has 1 aromatic heterocycles. The van der Waals surface area contributed by atoms with Crippen molar-refractivity contribution in [2.45, 2.75) is 62.2 Å². The normalized spacial score (nSPS) is 30.3. The zero-order valence-electron chi connectivity index (χ0n) is 12.7. The number of carbonyl (C=O) groups is 1. The van der Waals surface area contributed by atoms with Crippen LogP contribution < -0.4 is 5.32 Å². The molecule has 2 aliphatic rings.